The number of anilines is 2. The van der Waals surface area contributed by atoms with E-state index in [1.165, 1.54) is 22.3 Å². The van der Waals surface area contributed by atoms with Crippen molar-refractivity contribution < 1.29 is 0 Å². The van der Waals surface area contributed by atoms with Crippen LogP contribution >= 0.6 is 0 Å². The molecule has 32 heavy (non-hydrogen) atoms. The van der Waals surface area contributed by atoms with Gasteiger partial charge in [0, 0.05) is 17.1 Å². The molecule has 0 saturated carbocycles. The monoisotopic (exact) mass is 413 g/mol. The molecule has 0 aliphatic carbocycles. The summed E-state index contributed by atoms with van der Waals surface area (Å²) in [4.78, 5) is 2.23. The molecule has 0 aliphatic heterocycles. The highest BCUT2D eigenvalue weighted by Gasteiger charge is 2.12. The smallest absolute Gasteiger partial charge is 0.0462 e. The Hall–Kier alpha value is -4.10. The molecular formula is C31H27N. The van der Waals surface area contributed by atoms with E-state index in [2.05, 4.69) is 128 Å². The minimum atomic E-state index is 1.01. The third kappa shape index (κ3) is 4.96. The first-order valence-corrected chi connectivity index (χ1v) is 10.8. The molecule has 0 aliphatic rings. The molecule has 0 spiro atoms. The first-order chi connectivity index (χ1) is 15.8. The number of nitrogens with zero attached hydrogens (tertiary/aromatic N) is 1. The lowest BCUT2D eigenvalue weighted by Crippen LogP contribution is -2.14. The zero-order chi connectivity index (χ0) is 22.2. The average molecular weight is 414 g/mol. The molecule has 156 valence electrons. The lowest BCUT2D eigenvalue weighted by atomic mass is 10.0. The van der Waals surface area contributed by atoms with Crippen molar-refractivity contribution in [3.63, 3.8) is 0 Å². The molecule has 0 amide bonds. The van der Waals surface area contributed by atoms with E-state index in [4.69, 9.17) is 0 Å². The highest BCUT2D eigenvalue weighted by atomic mass is 15.1. The van der Waals surface area contributed by atoms with Gasteiger partial charge in [0.15, 0.2) is 0 Å². The first kappa shape index (κ1) is 21.1. The van der Waals surface area contributed by atoms with Crippen LogP contribution in [0.4, 0.5) is 11.4 Å². The fraction of sp³-hybridized carbons (Fsp3) is 0.0323. The largest absolute Gasteiger partial charge is 0.311 e. The van der Waals surface area contributed by atoms with E-state index >= 15 is 0 Å². The summed E-state index contributed by atoms with van der Waals surface area (Å²) in [6.07, 6.45) is 6.20. The van der Waals surface area contributed by atoms with Crippen LogP contribution in [0.1, 0.15) is 12.5 Å². The molecule has 1 nitrogen and oxygen atoms in total. The highest BCUT2D eigenvalue weighted by molar-refractivity contribution is 5.74. The molecule has 4 aromatic carbocycles. The molecule has 4 aromatic rings. The van der Waals surface area contributed by atoms with E-state index in [9.17, 15) is 0 Å². The molecule has 0 saturated heterocycles. The van der Waals surface area contributed by atoms with E-state index in [1.807, 2.05) is 24.3 Å². The number of hydrogen-bond acceptors (Lipinski definition) is 1. The second kappa shape index (κ2) is 10.3. The molecule has 0 fully saturated rings. The molecule has 0 heterocycles. The van der Waals surface area contributed by atoms with Crippen molar-refractivity contribution in [3.05, 3.63) is 151 Å². The molecule has 0 radical (unpaired) electrons. The predicted molar refractivity (Wildman–Crippen MR) is 139 cm³/mol. The second-order valence-corrected chi connectivity index (χ2v) is 7.60. The summed E-state index contributed by atoms with van der Waals surface area (Å²) in [5.74, 6) is 0. The van der Waals surface area contributed by atoms with Gasteiger partial charge in [-0.15, -0.1) is 0 Å². The first-order valence-electron chi connectivity index (χ1n) is 10.8. The second-order valence-electron chi connectivity index (χ2n) is 7.60. The van der Waals surface area contributed by atoms with Gasteiger partial charge < -0.3 is 4.90 Å². The Kier molecular flexibility index (Phi) is 6.79. The standard InChI is InChI=1S/C31H27N/c1-3-29(22-19-25(2)26-13-7-4-8-14-26)32(30-17-11-6-12-18-30)31-23-20-28(21-24-31)27-15-9-5-10-16-27/h3-24H,1H2,2H3/b25-19+,29-22+. The van der Waals surface area contributed by atoms with Gasteiger partial charge in [0.05, 0.1) is 0 Å². The normalized spacial score (nSPS) is 11.8. The van der Waals surface area contributed by atoms with Crippen molar-refractivity contribution in [2.45, 2.75) is 6.92 Å². The van der Waals surface area contributed by atoms with E-state index in [1.54, 1.807) is 0 Å². The molecule has 0 aromatic heterocycles. The maximum atomic E-state index is 4.11. The maximum Gasteiger partial charge on any atom is 0.0462 e. The summed E-state index contributed by atoms with van der Waals surface area (Å²) < 4.78 is 0. The SMILES string of the molecule is C=C/C(=C\C=C(/C)c1ccccc1)N(c1ccccc1)c1ccc(-c2ccccc2)cc1. The van der Waals surface area contributed by atoms with E-state index in [0.29, 0.717) is 0 Å². The van der Waals surface area contributed by atoms with Crippen LogP contribution < -0.4 is 4.90 Å². The Balaban J connectivity index is 1.73. The van der Waals surface area contributed by atoms with Gasteiger partial charge >= 0.3 is 0 Å². The van der Waals surface area contributed by atoms with Gasteiger partial charge in [0.2, 0.25) is 0 Å². The quantitative estimate of drug-likeness (QED) is 0.274. The van der Waals surface area contributed by atoms with Gasteiger partial charge in [-0.2, -0.15) is 0 Å². The van der Waals surface area contributed by atoms with Crippen LogP contribution in [0.15, 0.2) is 146 Å². The Morgan fingerprint density at radius 3 is 1.69 bits per heavy atom. The number of hydrogen-bond donors (Lipinski definition) is 0. The summed E-state index contributed by atoms with van der Waals surface area (Å²) in [7, 11) is 0. The number of allylic oxidation sites excluding steroid dienone is 4. The predicted octanol–water partition coefficient (Wildman–Crippen LogP) is 8.67. The maximum absolute atomic E-state index is 4.11. The number of benzene rings is 4. The molecule has 0 bridgehead atoms. The Morgan fingerprint density at radius 1 is 0.594 bits per heavy atom. The van der Waals surface area contributed by atoms with Crippen molar-refractivity contribution in [3.8, 4) is 11.1 Å². The van der Waals surface area contributed by atoms with Gasteiger partial charge in [-0.25, -0.2) is 0 Å². The van der Waals surface area contributed by atoms with Crippen LogP contribution in [0.2, 0.25) is 0 Å². The lowest BCUT2D eigenvalue weighted by Gasteiger charge is -2.26. The topological polar surface area (TPSA) is 3.24 Å². The van der Waals surface area contributed by atoms with Gasteiger partial charge in [-0.05, 0) is 65.6 Å². The molecule has 4 rings (SSSR count). The van der Waals surface area contributed by atoms with Crippen molar-refractivity contribution in [1.82, 2.24) is 0 Å². The number of para-hydroxylation sites is 1. The van der Waals surface area contributed by atoms with Crippen LogP contribution in [-0.4, -0.2) is 0 Å². The van der Waals surface area contributed by atoms with Crippen LogP contribution in [0.3, 0.4) is 0 Å². The zero-order valence-corrected chi connectivity index (χ0v) is 18.4. The summed E-state index contributed by atoms with van der Waals surface area (Å²) in [5.41, 5.74) is 8.03. The van der Waals surface area contributed by atoms with Crippen LogP contribution in [0, 0.1) is 0 Å². The van der Waals surface area contributed by atoms with Crippen LogP contribution in [0.25, 0.3) is 16.7 Å². The van der Waals surface area contributed by atoms with Gasteiger partial charge in [0.1, 0.15) is 0 Å². The Bertz CT molecular complexity index is 1200. The van der Waals surface area contributed by atoms with Crippen molar-refractivity contribution in [2.24, 2.45) is 0 Å². The average Bonchev–Trinajstić information content (AvgIpc) is 2.88. The Morgan fingerprint density at radius 2 is 1.09 bits per heavy atom. The van der Waals surface area contributed by atoms with Crippen LogP contribution in [0.5, 0.6) is 0 Å². The summed E-state index contributed by atoms with van der Waals surface area (Å²) >= 11 is 0. The third-order valence-corrected chi connectivity index (χ3v) is 5.45. The van der Waals surface area contributed by atoms with E-state index in [-0.39, 0.29) is 0 Å². The summed E-state index contributed by atoms with van der Waals surface area (Å²) in [6.45, 7) is 6.24. The highest BCUT2D eigenvalue weighted by Crippen LogP contribution is 2.32. The molecule has 0 N–H and O–H groups in total. The molecule has 0 atom stereocenters. The minimum absolute atomic E-state index is 1.01. The van der Waals surface area contributed by atoms with Crippen molar-refractivity contribution in [2.75, 3.05) is 4.90 Å². The fourth-order valence-corrected chi connectivity index (χ4v) is 3.70. The van der Waals surface area contributed by atoms with Gasteiger partial charge in [-0.1, -0.05) is 104 Å². The lowest BCUT2D eigenvalue weighted by molar-refractivity contribution is 1.21. The molecular weight excluding hydrogens is 386 g/mol. The van der Waals surface area contributed by atoms with Gasteiger partial charge in [0.25, 0.3) is 0 Å². The number of rotatable bonds is 7. The zero-order valence-electron chi connectivity index (χ0n) is 18.4. The van der Waals surface area contributed by atoms with Crippen molar-refractivity contribution in [1.29, 1.82) is 0 Å². The van der Waals surface area contributed by atoms with E-state index < -0.39 is 0 Å². The third-order valence-electron chi connectivity index (χ3n) is 5.45. The van der Waals surface area contributed by atoms with Crippen LogP contribution in [-0.2, 0) is 0 Å². The Labute approximate surface area is 191 Å². The van der Waals surface area contributed by atoms with Gasteiger partial charge in [-0.3, -0.25) is 0 Å². The minimum Gasteiger partial charge on any atom is -0.311 e. The van der Waals surface area contributed by atoms with E-state index in [0.717, 1.165) is 17.1 Å². The van der Waals surface area contributed by atoms with Crippen molar-refractivity contribution >= 4 is 16.9 Å². The summed E-state index contributed by atoms with van der Waals surface area (Å²) in [5, 5.41) is 0. The molecule has 0 unspecified atom stereocenters. The molecule has 1 heteroatoms. The summed E-state index contributed by atoms with van der Waals surface area (Å²) in [6, 6.07) is 40.0. The fourth-order valence-electron chi connectivity index (χ4n) is 3.70.